The maximum absolute atomic E-state index is 14.0. The third-order valence-electron chi connectivity index (χ3n) is 6.42. The monoisotopic (exact) mass is 689 g/mol. The molecule has 1 aromatic heterocycles. The molecule has 0 amide bonds. The molecular weight excluding hydrogens is 662 g/mol. The maximum Gasteiger partial charge on any atom is 0.343 e. The van der Waals surface area contributed by atoms with E-state index in [0.29, 0.717) is 26.1 Å². The number of aromatic nitrogens is 1. The Morgan fingerprint density at radius 3 is 2.52 bits per heavy atom. The van der Waals surface area contributed by atoms with Gasteiger partial charge in [-0.1, -0.05) is 17.4 Å². The minimum Gasteiger partial charge on any atom is -0.490 e. The van der Waals surface area contributed by atoms with Gasteiger partial charge in [0.15, 0.2) is 22.9 Å². The molecule has 44 heavy (non-hydrogen) atoms. The summed E-state index contributed by atoms with van der Waals surface area (Å²) in [5.41, 5.74) is 0.612. The predicted molar refractivity (Wildman–Crippen MR) is 163 cm³/mol. The van der Waals surface area contributed by atoms with E-state index >= 15 is 0 Å². The Balaban J connectivity index is 1.93. The van der Waals surface area contributed by atoms with Crippen LogP contribution >= 0.6 is 27.3 Å². The van der Waals surface area contributed by atoms with Crippen molar-refractivity contribution >= 4 is 51.0 Å². The Bertz CT molecular complexity index is 1850. The van der Waals surface area contributed by atoms with Gasteiger partial charge in [-0.2, -0.15) is 0 Å². The number of ether oxygens (including phenoxy) is 5. The number of carbonyl (C=O) groups is 2. The van der Waals surface area contributed by atoms with Gasteiger partial charge in [0.1, 0.15) is 0 Å². The van der Waals surface area contributed by atoms with Gasteiger partial charge in [0.25, 0.3) is 5.56 Å². The largest absolute Gasteiger partial charge is 0.490 e. The molecule has 13 nitrogen and oxygen atoms in total. The lowest BCUT2D eigenvalue weighted by Crippen LogP contribution is -2.40. The molecule has 0 spiro atoms. The van der Waals surface area contributed by atoms with Crippen molar-refractivity contribution in [2.75, 3.05) is 34.0 Å². The van der Waals surface area contributed by atoms with Crippen LogP contribution in [0.15, 0.2) is 55.9 Å². The highest BCUT2D eigenvalue weighted by molar-refractivity contribution is 9.10. The first-order valence-corrected chi connectivity index (χ1v) is 14.8. The number of rotatable bonds is 11. The van der Waals surface area contributed by atoms with E-state index in [9.17, 15) is 24.5 Å². The van der Waals surface area contributed by atoms with Crippen molar-refractivity contribution in [1.82, 2.24) is 4.57 Å². The maximum atomic E-state index is 14.0. The molecule has 0 bridgehead atoms. The summed E-state index contributed by atoms with van der Waals surface area (Å²) in [7, 11) is 2.57. The highest BCUT2D eigenvalue weighted by Crippen LogP contribution is 2.37. The molecule has 0 aliphatic carbocycles. The Kier molecular flexibility index (Phi) is 10.2. The zero-order valence-electron chi connectivity index (χ0n) is 24.4. The lowest BCUT2D eigenvalue weighted by molar-refractivity contribution is -0.385. The number of nitro benzene ring substituents is 1. The average Bonchev–Trinajstić information content (AvgIpc) is 3.29. The summed E-state index contributed by atoms with van der Waals surface area (Å²) in [4.78, 5) is 54.8. The molecule has 0 saturated heterocycles. The van der Waals surface area contributed by atoms with Crippen molar-refractivity contribution in [3.05, 3.63) is 87.0 Å². The molecule has 2 heterocycles. The van der Waals surface area contributed by atoms with E-state index in [0.717, 1.165) is 11.3 Å². The molecule has 1 aliphatic rings. The third-order valence-corrected chi connectivity index (χ3v) is 7.99. The molecule has 4 rings (SSSR count). The van der Waals surface area contributed by atoms with Crippen molar-refractivity contribution in [2.24, 2.45) is 4.99 Å². The predicted octanol–water partition coefficient (Wildman–Crippen LogP) is 3.43. The minimum atomic E-state index is -0.960. The molecule has 0 N–H and O–H groups in total. The van der Waals surface area contributed by atoms with Crippen LogP contribution in [0.3, 0.4) is 0 Å². The Morgan fingerprint density at radius 1 is 1.14 bits per heavy atom. The minimum absolute atomic E-state index is 0.0485. The van der Waals surface area contributed by atoms with E-state index in [2.05, 4.69) is 25.7 Å². The molecule has 0 radical (unpaired) electrons. The number of methoxy groups -OCH3 is 2. The normalized spacial score (nSPS) is 14.4. The van der Waals surface area contributed by atoms with Gasteiger partial charge in [0.05, 0.1) is 58.7 Å². The van der Waals surface area contributed by atoms with E-state index in [1.54, 1.807) is 45.0 Å². The fourth-order valence-corrected chi connectivity index (χ4v) is 6.23. The van der Waals surface area contributed by atoms with Crippen LogP contribution in [-0.2, 0) is 19.1 Å². The summed E-state index contributed by atoms with van der Waals surface area (Å²) < 4.78 is 28.4. The lowest BCUT2D eigenvalue weighted by Gasteiger charge is -2.25. The van der Waals surface area contributed by atoms with Crippen LogP contribution in [0.1, 0.15) is 37.9 Å². The van der Waals surface area contributed by atoms with E-state index in [-0.39, 0.29) is 52.9 Å². The van der Waals surface area contributed by atoms with Gasteiger partial charge < -0.3 is 23.7 Å². The second-order valence-corrected chi connectivity index (χ2v) is 11.0. The Morgan fingerprint density at radius 2 is 1.89 bits per heavy atom. The van der Waals surface area contributed by atoms with E-state index in [1.807, 2.05) is 0 Å². The molecule has 0 saturated carbocycles. The van der Waals surface area contributed by atoms with Gasteiger partial charge in [-0.05, 0) is 72.1 Å². The van der Waals surface area contributed by atoms with Crippen LogP contribution in [0.25, 0.3) is 6.08 Å². The van der Waals surface area contributed by atoms with Gasteiger partial charge in [-0.3, -0.25) is 19.5 Å². The van der Waals surface area contributed by atoms with Crippen LogP contribution in [-0.4, -0.2) is 55.5 Å². The van der Waals surface area contributed by atoms with Crippen LogP contribution in [0, 0.1) is 10.1 Å². The standard InChI is InChI=1S/C29H28BrN3O10S/c1-6-41-21-13-17(8-9-20(21)43-14-23(34)39-4)25-24(28(36)42-7-2)15(3)31-29-32(25)27(35)22(44-29)12-16-10-18(30)26(40-5)19(11-16)33(37)38/h8-13,25H,6-7,14H2,1-5H3/b22-12-/t25-/m0/s1. The first kappa shape index (κ1) is 32.4. The summed E-state index contributed by atoms with van der Waals surface area (Å²) in [6, 6.07) is 6.79. The summed E-state index contributed by atoms with van der Waals surface area (Å²) in [6.45, 7) is 5.11. The fourth-order valence-electron chi connectivity index (χ4n) is 4.56. The molecule has 0 unspecified atom stereocenters. The Hall–Kier alpha value is -4.50. The SMILES string of the molecule is CCOC(=O)C1=C(C)N=c2s/c(=C\c3cc(Br)c(OC)c([N+](=O)[O-])c3)c(=O)n2[C@H]1c1ccc(OCC(=O)OC)c(OCC)c1. The molecule has 3 aromatic rings. The number of esters is 2. The summed E-state index contributed by atoms with van der Waals surface area (Å²) in [6.07, 6.45) is 1.51. The van der Waals surface area contributed by atoms with Crippen LogP contribution in [0.4, 0.5) is 5.69 Å². The highest BCUT2D eigenvalue weighted by Gasteiger charge is 2.34. The number of allylic oxidation sites excluding steroid dienone is 1. The molecule has 15 heteroatoms. The summed E-state index contributed by atoms with van der Waals surface area (Å²) in [5.74, 6) is -0.636. The van der Waals surface area contributed by atoms with Crippen LogP contribution < -0.4 is 29.1 Å². The van der Waals surface area contributed by atoms with Gasteiger partial charge in [-0.25, -0.2) is 14.6 Å². The van der Waals surface area contributed by atoms with Gasteiger partial charge in [-0.15, -0.1) is 0 Å². The lowest BCUT2D eigenvalue weighted by atomic mass is 9.95. The summed E-state index contributed by atoms with van der Waals surface area (Å²) in [5, 5.41) is 11.7. The van der Waals surface area contributed by atoms with Crippen molar-refractivity contribution < 1.29 is 38.2 Å². The number of nitrogens with zero attached hydrogens (tertiary/aromatic N) is 3. The van der Waals surface area contributed by atoms with Crippen molar-refractivity contribution in [2.45, 2.75) is 26.8 Å². The molecule has 1 aliphatic heterocycles. The number of hydrogen-bond donors (Lipinski definition) is 0. The molecule has 1 atom stereocenters. The number of nitro groups is 1. The number of hydrogen-bond acceptors (Lipinski definition) is 12. The first-order valence-electron chi connectivity index (χ1n) is 13.2. The molecule has 0 fully saturated rings. The second kappa shape index (κ2) is 13.9. The van der Waals surface area contributed by atoms with E-state index < -0.39 is 28.5 Å². The Labute approximate surface area is 263 Å². The van der Waals surface area contributed by atoms with Crippen molar-refractivity contribution in [3.8, 4) is 17.2 Å². The second-order valence-electron chi connectivity index (χ2n) is 9.12. The van der Waals surface area contributed by atoms with Gasteiger partial charge in [0, 0.05) is 6.07 Å². The number of carbonyl (C=O) groups excluding carboxylic acids is 2. The quantitative estimate of drug-likeness (QED) is 0.166. The van der Waals surface area contributed by atoms with Crippen molar-refractivity contribution in [3.63, 3.8) is 0 Å². The summed E-state index contributed by atoms with van der Waals surface area (Å²) >= 11 is 4.36. The molecule has 232 valence electrons. The van der Waals surface area contributed by atoms with Gasteiger partial charge in [0.2, 0.25) is 5.75 Å². The number of benzene rings is 2. The van der Waals surface area contributed by atoms with Crippen molar-refractivity contribution in [1.29, 1.82) is 0 Å². The zero-order chi connectivity index (χ0) is 32.1. The average molecular weight is 691 g/mol. The van der Waals surface area contributed by atoms with Gasteiger partial charge >= 0.3 is 17.6 Å². The van der Waals surface area contributed by atoms with Crippen LogP contribution in [0.2, 0.25) is 0 Å². The topological polar surface area (TPSA) is 158 Å². The highest BCUT2D eigenvalue weighted by atomic mass is 79.9. The molecule has 2 aromatic carbocycles. The number of halogens is 1. The number of fused-ring (bicyclic) bond motifs is 1. The smallest absolute Gasteiger partial charge is 0.343 e. The number of thiazole rings is 1. The van der Waals surface area contributed by atoms with E-state index in [1.165, 1.54) is 30.9 Å². The first-order chi connectivity index (χ1) is 21.0. The van der Waals surface area contributed by atoms with Crippen LogP contribution in [0.5, 0.6) is 17.2 Å². The fraction of sp³-hybridized carbons (Fsp3) is 0.310. The zero-order valence-corrected chi connectivity index (χ0v) is 26.8. The molecular formula is C29H28BrN3O10S. The third kappa shape index (κ3) is 6.53. The van der Waals surface area contributed by atoms with E-state index in [4.69, 9.17) is 18.9 Å².